The summed E-state index contributed by atoms with van der Waals surface area (Å²) in [5.74, 6) is 0. The monoisotopic (exact) mass is 262 g/mol. The number of rotatable bonds is 5. The second kappa shape index (κ2) is 5.80. The molecule has 0 amide bonds. The number of benzene rings is 1. The first-order valence-electron chi connectivity index (χ1n) is 5.71. The molecule has 1 aromatic heterocycles. The highest BCUT2D eigenvalue weighted by molar-refractivity contribution is 6.31. The van der Waals surface area contributed by atoms with Crippen LogP contribution < -0.4 is 5.32 Å². The molecular weight excluding hydrogens is 248 g/mol. The highest BCUT2D eigenvalue weighted by atomic mass is 35.5. The van der Waals surface area contributed by atoms with Crippen molar-refractivity contribution in [3.8, 4) is 5.69 Å². The van der Waals surface area contributed by atoms with E-state index in [4.69, 9.17) is 11.6 Å². The van der Waals surface area contributed by atoms with Gasteiger partial charge in [0, 0.05) is 17.6 Å². The van der Waals surface area contributed by atoms with Crippen LogP contribution in [0.2, 0.25) is 5.02 Å². The maximum absolute atomic E-state index is 6.29. The lowest BCUT2D eigenvalue weighted by atomic mass is 10.1. The molecular formula is C13H15ClN4. The van der Waals surface area contributed by atoms with Crippen molar-refractivity contribution in [1.82, 2.24) is 20.1 Å². The molecule has 94 valence electrons. The quantitative estimate of drug-likeness (QED) is 0.843. The molecule has 0 aliphatic carbocycles. The van der Waals surface area contributed by atoms with E-state index in [-0.39, 0.29) is 6.04 Å². The molecule has 1 heterocycles. The fourth-order valence-electron chi connectivity index (χ4n) is 1.72. The second-order valence-corrected chi connectivity index (χ2v) is 4.37. The molecule has 0 aliphatic heterocycles. The van der Waals surface area contributed by atoms with Gasteiger partial charge in [-0.2, -0.15) is 5.10 Å². The van der Waals surface area contributed by atoms with Gasteiger partial charge < -0.3 is 5.32 Å². The third-order valence-electron chi connectivity index (χ3n) is 2.70. The first-order valence-corrected chi connectivity index (χ1v) is 6.09. The zero-order chi connectivity index (χ0) is 13.0. The maximum atomic E-state index is 6.29. The summed E-state index contributed by atoms with van der Waals surface area (Å²) < 4.78 is 1.68. The Hall–Kier alpha value is -1.65. The van der Waals surface area contributed by atoms with Crippen LogP contribution in [0.15, 0.2) is 43.5 Å². The van der Waals surface area contributed by atoms with Gasteiger partial charge in [0.2, 0.25) is 0 Å². The van der Waals surface area contributed by atoms with Crippen LogP contribution in [0.1, 0.15) is 18.5 Å². The molecule has 18 heavy (non-hydrogen) atoms. The first kappa shape index (κ1) is 12.8. The Bertz CT molecular complexity index is 522. The van der Waals surface area contributed by atoms with Crippen LogP contribution in [0, 0.1) is 0 Å². The molecule has 1 aromatic carbocycles. The minimum Gasteiger partial charge on any atom is -0.307 e. The Kier molecular flexibility index (Phi) is 4.12. The molecule has 5 heteroatoms. The fraction of sp³-hybridized carbons (Fsp3) is 0.231. The lowest BCUT2D eigenvalue weighted by Gasteiger charge is -2.15. The van der Waals surface area contributed by atoms with E-state index in [0.29, 0.717) is 5.02 Å². The number of nitrogens with zero attached hydrogens (tertiary/aromatic N) is 3. The molecule has 2 rings (SSSR count). The van der Waals surface area contributed by atoms with Gasteiger partial charge in [-0.25, -0.2) is 9.67 Å². The number of hydrogen-bond donors (Lipinski definition) is 1. The van der Waals surface area contributed by atoms with Crippen LogP contribution in [0.25, 0.3) is 5.69 Å². The molecule has 2 aromatic rings. The highest BCUT2D eigenvalue weighted by Crippen LogP contribution is 2.25. The van der Waals surface area contributed by atoms with Crippen molar-refractivity contribution in [2.45, 2.75) is 13.0 Å². The molecule has 0 aliphatic rings. The summed E-state index contributed by atoms with van der Waals surface area (Å²) in [6.07, 6.45) is 4.97. The second-order valence-electron chi connectivity index (χ2n) is 3.96. The normalized spacial score (nSPS) is 12.3. The zero-order valence-electron chi connectivity index (χ0n) is 10.2. The standard InChI is InChI=1S/C13H15ClN4/c1-3-6-16-10(2)12-5-4-11(7-13(12)14)18-9-15-8-17-18/h3-5,7-10,16H,1,6H2,2H3/t10-/m1/s1. The Balaban J connectivity index is 2.22. The van der Waals surface area contributed by atoms with E-state index in [2.05, 4.69) is 28.9 Å². The SMILES string of the molecule is C=CCN[C@H](C)c1ccc(-n2cncn2)cc1Cl. The zero-order valence-corrected chi connectivity index (χ0v) is 10.9. The van der Waals surface area contributed by atoms with Gasteiger partial charge in [-0.05, 0) is 24.6 Å². The van der Waals surface area contributed by atoms with Gasteiger partial charge >= 0.3 is 0 Å². The van der Waals surface area contributed by atoms with E-state index in [1.807, 2.05) is 24.3 Å². The van der Waals surface area contributed by atoms with Crippen molar-refractivity contribution >= 4 is 11.6 Å². The molecule has 0 spiro atoms. The van der Waals surface area contributed by atoms with Crippen LogP contribution in [-0.4, -0.2) is 21.3 Å². The molecule has 0 unspecified atom stereocenters. The van der Waals surface area contributed by atoms with Crippen LogP contribution in [0.3, 0.4) is 0 Å². The Morgan fingerprint density at radius 1 is 1.56 bits per heavy atom. The van der Waals surface area contributed by atoms with Gasteiger partial charge in [0.25, 0.3) is 0 Å². The molecule has 0 saturated carbocycles. The fourth-order valence-corrected chi connectivity index (χ4v) is 2.06. The first-order chi connectivity index (χ1) is 8.72. The Morgan fingerprint density at radius 3 is 3.00 bits per heavy atom. The van der Waals surface area contributed by atoms with Crippen LogP contribution in [0.4, 0.5) is 0 Å². The molecule has 4 nitrogen and oxygen atoms in total. The van der Waals surface area contributed by atoms with E-state index in [9.17, 15) is 0 Å². The number of halogens is 1. The van der Waals surface area contributed by atoms with Gasteiger partial charge in [0.1, 0.15) is 12.7 Å². The molecule has 1 N–H and O–H groups in total. The molecule has 1 atom stereocenters. The van der Waals surface area contributed by atoms with Crippen molar-refractivity contribution in [1.29, 1.82) is 0 Å². The topological polar surface area (TPSA) is 42.7 Å². The van der Waals surface area contributed by atoms with Gasteiger partial charge in [-0.15, -0.1) is 6.58 Å². The van der Waals surface area contributed by atoms with E-state index >= 15 is 0 Å². The third-order valence-corrected chi connectivity index (χ3v) is 3.03. The Labute approximate surface area is 111 Å². The van der Waals surface area contributed by atoms with E-state index in [0.717, 1.165) is 17.8 Å². The third kappa shape index (κ3) is 2.78. The number of aromatic nitrogens is 3. The lowest BCUT2D eigenvalue weighted by Crippen LogP contribution is -2.18. The van der Waals surface area contributed by atoms with E-state index in [1.54, 1.807) is 11.0 Å². The Morgan fingerprint density at radius 2 is 2.39 bits per heavy atom. The summed E-state index contributed by atoms with van der Waals surface area (Å²) in [5, 5.41) is 8.09. The summed E-state index contributed by atoms with van der Waals surface area (Å²) in [5.41, 5.74) is 1.96. The average molecular weight is 263 g/mol. The summed E-state index contributed by atoms with van der Waals surface area (Å²) in [6.45, 7) is 6.50. The minimum absolute atomic E-state index is 0.181. The maximum Gasteiger partial charge on any atom is 0.138 e. The predicted molar refractivity (Wildman–Crippen MR) is 73.0 cm³/mol. The highest BCUT2D eigenvalue weighted by Gasteiger charge is 2.09. The van der Waals surface area contributed by atoms with Crippen LogP contribution in [-0.2, 0) is 0 Å². The van der Waals surface area contributed by atoms with Crippen molar-refractivity contribution in [2.75, 3.05) is 6.54 Å². The largest absolute Gasteiger partial charge is 0.307 e. The summed E-state index contributed by atoms with van der Waals surface area (Å²) in [4.78, 5) is 3.91. The summed E-state index contributed by atoms with van der Waals surface area (Å²) >= 11 is 6.29. The number of nitrogens with one attached hydrogen (secondary N) is 1. The summed E-state index contributed by atoms with van der Waals surface area (Å²) in [6, 6.07) is 6.04. The van der Waals surface area contributed by atoms with Crippen LogP contribution in [0.5, 0.6) is 0 Å². The van der Waals surface area contributed by atoms with Gasteiger partial charge in [0.05, 0.1) is 5.69 Å². The van der Waals surface area contributed by atoms with Crippen molar-refractivity contribution in [3.63, 3.8) is 0 Å². The van der Waals surface area contributed by atoms with Gasteiger partial charge in [0.15, 0.2) is 0 Å². The van der Waals surface area contributed by atoms with Gasteiger partial charge in [-0.1, -0.05) is 23.7 Å². The average Bonchev–Trinajstić information content (AvgIpc) is 2.89. The number of hydrogen-bond acceptors (Lipinski definition) is 3. The minimum atomic E-state index is 0.181. The van der Waals surface area contributed by atoms with Gasteiger partial charge in [-0.3, -0.25) is 0 Å². The van der Waals surface area contributed by atoms with Crippen LogP contribution >= 0.6 is 11.6 Å². The van der Waals surface area contributed by atoms with Crippen molar-refractivity contribution in [2.24, 2.45) is 0 Å². The molecule has 0 fully saturated rings. The van der Waals surface area contributed by atoms with E-state index < -0.39 is 0 Å². The summed E-state index contributed by atoms with van der Waals surface area (Å²) in [7, 11) is 0. The smallest absolute Gasteiger partial charge is 0.138 e. The molecule has 0 radical (unpaired) electrons. The van der Waals surface area contributed by atoms with Crippen molar-refractivity contribution in [3.05, 3.63) is 54.1 Å². The predicted octanol–water partition coefficient (Wildman–Crippen LogP) is 2.76. The van der Waals surface area contributed by atoms with E-state index in [1.165, 1.54) is 6.33 Å². The van der Waals surface area contributed by atoms with Crippen molar-refractivity contribution < 1.29 is 0 Å². The lowest BCUT2D eigenvalue weighted by molar-refractivity contribution is 0.617. The molecule has 0 bridgehead atoms. The molecule has 0 saturated heterocycles.